The van der Waals surface area contributed by atoms with Crippen LogP contribution in [0, 0.1) is 11.6 Å². The smallest absolute Gasteiger partial charge is 0.251 e. The van der Waals surface area contributed by atoms with Crippen LogP contribution in [0.4, 0.5) is 8.78 Å². The van der Waals surface area contributed by atoms with E-state index in [-0.39, 0.29) is 18.8 Å². The lowest BCUT2D eigenvalue weighted by Gasteiger charge is -2.15. The maximum atomic E-state index is 12.9. The maximum Gasteiger partial charge on any atom is 0.251 e. The van der Waals surface area contributed by atoms with E-state index in [4.69, 9.17) is 9.84 Å². The summed E-state index contributed by atoms with van der Waals surface area (Å²) in [6.45, 7) is -0.171. The summed E-state index contributed by atoms with van der Waals surface area (Å²) in [5.74, 6) is -2.71. The lowest BCUT2D eigenvalue weighted by molar-refractivity contribution is 0.0839. The van der Waals surface area contributed by atoms with E-state index in [1.54, 1.807) is 0 Å². The number of nitrogens with one attached hydrogen (secondary N) is 1. The van der Waals surface area contributed by atoms with Crippen molar-refractivity contribution in [1.29, 1.82) is 0 Å². The van der Waals surface area contributed by atoms with Crippen molar-refractivity contribution in [2.24, 2.45) is 0 Å². The maximum absolute atomic E-state index is 12.9. The first-order chi connectivity index (χ1) is 8.08. The zero-order valence-electron chi connectivity index (χ0n) is 9.24. The monoisotopic (exact) mass is 245 g/mol. The van der Waals surface area contributed by atoms with Crippen molar-refractivity contribution in [3.63, 3.8) is 0 Å². The third-order valence-electron chi connectivity index (χ3n) is 2.11. The van der Waals surface area contributed by atoms with Gasteiger partial charge in [0.1, 0.15) is 0 Å². The highest BCUT2D eigenvalue weighted by Gasteiger charge is 2.14. The number of hydrogen-bond acceptors (Lipinski definition) is 3. The standard InChI is InChI=1S/C11H13F2NO3/c1-17-6-8(5-15)14-11(16)7-2-3-9(12)10(13)4-7/h2-4,8,15H,5-6H2,1H3,(H,14,16). The summed E-state index contributed by atoms with van der Waals surface area (Å²) in [7, 11) is 1.42. The van der Waals surface area contributed by atoms with E-state index in [1.165, 1.54) is 7.11 Å². The number of benzene rings is 1. The Bertz CT molecular complexity index is 398. The molecule has 94 valence electrons. The van der Waals surface area contributed by atoms with Crippen LogP contribution in [0.3, 0.4) is 0 Å². The molecule has 1 amide bonds. The SMILES string of the molecule is COCC(CO)NC(=O)c1ccc(F)c(F)c1. The third kappa shape index (κ3) is 3.76. The number of hydrogen-bond donors (Lipinski definition) is 2. The number of aliphatic hydroxyl groups is 1. The van der Waals surface area contributed by atoms with E-state index >= 15 is 0 Å². The van der Waals surface area contributed by atoms with Gasteiger partial charge in [-0.2, -0.15) is 0 Å². The molecule has 0 spiro atoms. The molecule has 17 heavy (non-hydrogen) atoms. The number of rotatable bonds is 5. The molecule has 1 aromatic rings. The fourth-order valence-corrected chi connectivity index (χ4v) is 1.25. The van der Waals surface area contributed by atoms with Gasteiger partial charge >= 0.3 is 0 Å². The highest BCUT2D eigenvalue weighted by molar-refractivity contribution is 5.94. The molecule has 1 atom stereocenters. The normalized spacial score (nSPS) is 12.2. The van der Waals surface area contributed by atoms with Gasteiger partial charge in [0.2, 0.25) is 0 Å². The van der Waals surface area contributed by atoms with Crippen molar-refractivity contribution in [1.82, 2.24) is 5.32 Å². The summed E-state index contributed by atoms with van der Waals surface area (Å²) in [6, 6.07) is 2.25. The average Bonchev–Trinajstić information content (AvgIpc) is 2.31. The second kappa shape index (κ2) is 6.27. The molecule has 0 aromatic heterocycles. The molecular weight excluding hydrogens is 232 g/mol. The topological polar surface area (TPSA) is 58.6 Å². The summed E-state index contributed by atoms with van der Waals surface area (Å²) in [5, 5.41) is 11.4. The highest BCUT2D eigenvalue weighted by Crippen LogP contribution is 2.08. The molecule has 1 aromatic carbocycles. The van der Waals surface area contributed by atoms with Crippen molar-refractivity contribution in [3.8, 4) is 0 Å². The van der Waals surface area contributed by atoms with Gasteiger partial charge in [-0.3, -0.25) is 4.79 Å². The first-order valence-corrected chi connectivity index (χ1v) is 4.94. The molecule has 0 radical (unpaired) electrons. The Balaban J connectivity index is 2.72. The molecule has 0 saturated heterocycles. The van der Waals surface area contributed by atoms with Crippen LogP contribution in [-0.2, 0) is 4.74 Å². The minimum absolute atomic E-state index is 0.0153. The van der Waals surface area contributed by atoms with Gasteiger partial charge < -0.3 is 15.2 Å². The second-order valence-corrected chi connectivity index (χ2v) is 3.44. The Kier molecular flexibility index (Phi) is 4.99. The number of aliphatic hydroxyl groups excluding tert-OH is 1. The first kappa shape index (κ1) is 13.5. The molecule has 1 rings (SSSR count). The Morgan fingerprint density at radius 2 is 2.18 bits per heavy atom. The number of ether oxygens (including phenoxy) is 1. The lowest BCUT2D eigenvalue weighted by atomic mass is 10.2. The number of halogens is 2. The van der Waals surface area contributed by atoms with Crippen LogP contribution in [0.1, 0.15) is 10.4 Å². The molecule has 1 unspecified atom stereocenters. The van der Waals surface area contributed by atoms with Gasteiger partial charge in [-0.25, -0.2) is 8.78 Å². The van der Waals surface area contributed by atoms with Gasteiger partial charge in [0.15, 0.2) is 11.6 Å². The summed E-state index contributed by atoms with van der Waals surface area (Å²) in [6.07, 6.45) is 0. The fourth-order valence-electron chi connectivity index (χ4n) is 1.25. The average molecular weight is 245 g/mol. The molecular formula is C11H13F2NO3. The van der Waals surface area contributed by atoms with E-state index < -0.39 is 23.6 Å². The van der Waals surface area contributed by atoms with Crippen LogP contribution in [0.5, 0.6) is 0 Å². The van der Waals surface area contributed by atoms with Crippen LogP contribution in [0.15, 0.2) is 18.2 Å². The van der Waals surface area contributed by atoms with Crippen LogP contribution in [0.2, 0.25) is 0 Å². The Labute approximate surface area is 97.2 Å². The van der Waals surface area contributed by atoms with Gasteiger partial charge in [-0.1, -0.05) is 0 Å². The van der Waals surface area contributed by atoms with Crippen molar-refractivity contribution >= 4 is 5.91 Å². The van der Waals surface area contributed by atoms with Crippen molar-refractivity contribution in [2.45, 2.75) is 6.04 Å². The molecule has 0 aliphatic carbocycles. The van der Waals surface area contributed by atoms with Crippen LogP contribution in [-0.4, -0.2) is 37.4 Å². The van der Waals surface area contributed by atoms with Crippen LogP contribution < -0.4 is 5.32 Å². The van der Waals surface area contributed by atoms with E-state index in [0.29, 0.717) is 0 Å². The molecule has 6 heteroatoms. The number of carbonyl (C=O) groups is 1. The number of amides is 1. The second-order valence-electron chi connectivity index (χ2n) is 3.44. The molecule has 0 bridgehead atoms. The van der Waals surface area contributed by atoms with Crippen molar-refractivity contribution in [2.75, 3.05) is 20.3 Å². The van der Waals surface area contributed by atoms with E-state index in [0.717, 1.165) is 18.2 Å². The summed E-state index contributed by atoms with van der Waals surface area (Å²) in [4.78, 5) is 11.6. The third-order valence-corrected chi connectivity index (χ3v) is 2.11. The van der Waals surface area contributed by atoms with Gasteiger partial charge in [0.05, 0.1) is 19.3 Å². The quantitative estimate of drug-likeness (QED) is 0.803. The molecule has 4 nitrogen and oxygen atoms in total. The van der Waals surface area contributed by atoms with Gasteiger partial charge in [0, 0.05) is 12.7 Å². The molecule has 0 fully saturated rings. The van der Waals surface area contributed by atoms with Crippen molar-refractivity contribution in [3.05, 3.63) is 35.4 Å². The molecule has 0 heterocycles. The predicted molar refractivity (Wildman–Crippen MR) is 56.6 cm³/mol. The summed E-state index contributed by atoms with van der Waals surface area (Å²) in [5.41, 5.74) is -0.0153. The highest BCUT2D eigenvalue weighted by atomic mass is 19.2. The Morgan fingerprint density at radius 1 is 1.47 bits per heavy atom. The first-order valence-electron chi connectivity index (χ1n) is 4.94. The number of carbonyl (C=O) groups excluding carboxylic acids is 1. The molecule has 2 N–H and O–H groups in total. The van der Waals surface area contributed by atoms with Crippen LogP contribution in [0.25, 0.3) is 0 Å². The summed E-state index contributed by atoms with van der Waals surface area (Å²) >= 11 is 0. The van der Waals surface area contributed by atoms with Gasteiger partial charge in [0.25, 0.3) is 5.91 Å². The molecule has 0 aliphatic rings. The summed E-state index contributed by atoms with van der Waals surface area (Å²) < 4.78 is 30.3. The predicted octanol–water partition coefficient (Wildman–Crippen LogP) is 0.702. The minimum atomic E-state index is -1.09. The zero-order chi connectivity index (χ0) is 12.8. The Morgan fingerprint density at radius 3 is 2.71 bits per heavy atom. The number of methoxy groups -OCH3 is 1. The van der Waals surface area contributed by atoms with Crippen molar-refractivity contribution < 1.29 is 23.4 Å². The minimum Gasteiger partial charge on any atom is -0.394 e. The van der Waals surface area contributed by atoms with E-state index in [1.807, 2.05) is 0 Å². The molecule has 0 aliphatic heterocycles. The fraction of sp³-hybridized carbons (Fsp3) is 0.364. The van der Waals surface area contributed by atoms with Crippen LogP contribution >= 0.6 is 0 Å². The van der Waals surface area contributed by atoms with E-state index in [9.17, 15) is 13.6 Å². The lowest BCUT2D eigenvalue weighted by Crippen LogP contribution is -2.40. The van der Waals surface area contributed by atoms with Gasteiger partial charge in [-0.05, 0) is 18.2 Å². The van der Waals surface area contributed by atoms with Gasteiger partial charge in [-0.15, -0.1) is 0 Å². The van der Waals surface area contributed by atoms with E-state index in [2.05, 4.69) is 5.32 Å². The molecule has 0 saturated carbocycles. The largest absolute Gasteiger partial charge is 0.394 e. The Hall–Kier alpha value is -1.53. The zero-order valence-corrected chi connectivity index (χ0v) is 9.24.